The van der Waals surface area contributed by atoms with Crippen LogP contribution in [0.3, 0.4) is 0 Å². The quantitative estimate of drug-likeness (QED) is 0.779. The number of rotatable bonds is 8. The van der Waals surface area contributed by atoms with E-state index in [9.17, 15) is 0 Å². The Hall–Kier alpha value is -2.02. The number of nitrogens with zero attached hydrogens (tertiary/aromatic N) is 3. The lowest BCUT2D eigenvalue weighted by Gasteiger charge is -2.33. The summed E-state index contributed by atoms with van der Waals surface area (Å²) in [6, 6.07) is 10.1. The minimum absolute atomic E-state index is 0.0290. The first-order valence-corrected chi connectivity index (χ1v) is 9.17. The zero-order valence-corrected chi connectivity index (χ0v) is 15.3. The number of aliphatic hydroxyl groups excluding tert-OH is 1. The van der Waals surface area contributed by atoms with Crippen LogP contribution in [0.1, 0.15) is 23.4 Å². The van der Waals surface area contributed by atoms with Crippen LogP contribution in [0.2, 0.25) is 0 Å². The van der Waals surface area contributed by atoms with E-state index in [2.05, 4.69) is 20.9 Å². The minimum atomic E-state index is 0.0290. The van der Waals surface area contributed by atoms with Crippen LogP contribution < -0.4 is 4.74 Å². The average Bonchev–Trinajstić information content (AvgIpc) is 2.65. The Labute approximate surface area is 154 Å². The van der Waals surface area contributed by atoms with E-state index in [0.717, 1.165) is 56.2 Å². The number of benzene rings is 1. The molecule has 0 saturated carbocycles. The van der Waals surface area contributed by atoms with Crippen molar-refractivity contribution in [2.24, 2.45) is 0 Å². The number of aliphatic hydroxyl groups is 1. The second kappa shape index (κ2) is 9.62. The summed E-state index contributed by atoms with van der Waals surface area (Å²) in [5.74, 6) is 0.806. The van der Waals surface area contributed by atoms with E-state index in [4.69, 9.17) is 14.6 Å². The second-order valence-electron chi connectivity index (χ2n) is 6.64. The average molecular weight is 357 g/mol. The SMILES string of the molecule is Cc1cc(CCC2CN(Cc3cccc(OCCO)c3)CCO2)ncn1. The molecule has 1 saturated heterocycles. The van der Waals surface area contributed by atoms with Crippen LogP contribution in [0, 0.1) is 6.92 Å². The van der Waals surface area contributed by atoms with Crippen LogP contribution >= 0.6 is 0 Å². The van der Waals surface area contributed by atoms with Gasteiger partial charge in [-0.3, -0.25) is 4.90 Å². The van der Waals surface area contributed by atoms with Gasteiger partial charge in [0, 0.05) is 31.0 Å². The summed E-state index contributed by atoms with van der Waals surface area (Å²) in [7, 11) is 0. The molecule has 1 atom stereocenters. The summed E-state index contributed by atoms with van der Waals surface area (Å²) in [6.07, 6.45) is 3.73. The first-order chi connectivity index (χ1) is 12.7. The predicted octanol–water partition coefficient (Wildman–Crippen LogP) is 1.99. The van der Waals surface area contributed by atoms with Gasteiger partial charge in [0.1, 0.15) is 18.7 Å². The molecule has 26 heavy (non-hydrogen) atoms. The van der Waals surface area contributed by atoms with E-state index >= 15 is 0 Å². The summed E-state index contributed by atoms with van der Waals surface area (Å²) >= 11 is 0. The van der Waals surface area contributed by atoms with E-state index < -0.39 is 0 Å². The summed E-state index contributed by atoms with van der Waals surface area (Å²) in [4.78, 5) is 10.9. The maximum absolute atomic E-state index is 8.88. The molecule has 140 valence electrons. The Morgan fingerprint density at radius 1 is 1.31 bits per heavy atom. The maximum Gasteiger partial charge on any atom is 0.119 e. The Morgan fingerprint density at radius 3 is 3.08 bits per heavy atom. The largest absolute Gasteiger partial charge is 0.491 e. The predicted molar refractivity (Wildman–Crippen MR) is 99.1 cm³/mol. The van der Waals surface area contributed by atoms with Gasteiger partial charge in [-0.15, -0.1) is 0 Å². The molecular weight excluding hydrogens is 330 g/mol. The van der Waals surface area contributed by atoms with Crippen LogP contribution in [0.4, 0.5) is 0 Å². The Morgan fingerprint density at radius 2 is 2.23 bits per heavy atom. The Balaban J connectivity index is 1.50. The molecule has 0 spiro atoms. The third-order valence-corrected chi connectivity index (χ3v) is 4.47. The summed E-state index contributed by atoms with van der Waals surface area (Å²) < 4.78 is 11.4. The Kier molecular flexibility index (Phi) is 6.94. The van der Waals surface area contributed by atoms with Gasteiger partial charge in [0.2, 0.25) is 0 Å². The summed E-state index contributed by atoms with van der Waals surface area (Å²) in [6.45, 7) is 5.84. The van der Waals surface area contributed by atoms with Crippen molar-refractivity contribution in [2.45, 2.75) is 32.4 Å². The molecule has 1 aliphatic heterocycles. The van der Waals surface area contributed by atoms with Crippen LogP contribution in [0.5, 0.6) is 5.75 Å². The first kappa shape index (κ1) is 18.8. The molecule has 1 fully saturated rings. The van der Waals surface area contributed by atoms with Gasteiger partial charge in [0.15, 0.2) is 0 Å². The molecule has 3 rings (SSSR count). The zero-order chi connectivity index (χ0) is 18.2. The van der Waals surface area contributed by atoms with Gasteiger partial charge in [-0.1, -0.05) is 12.1 Å². The van der Waals surface area contributed by atoms with Crippen LogP contribution in [-0.2, 0) is 17.7 Å². The molecule has 6 heteroatoms. The van der Waals surface area contributed by atoms with Crippen molar-refractivity contribution >= 4 is 0 Å². The smallest absolute Gasteiger partial charge is 0.119 e. The van der Waals surface area contributed by atoms with Gasteiger partial charge in [-0.05, 0) is 43.5 Å². The van der Waals surface area contributed by atoms with Crippen LogP contribution in [0.15, 0.2) is 36.7 Å². The normalized spacial score (nSPS) is 18.0. The molecule has 0 radical (unpaired) electrons. The number of aryl methyl sites for hydroxylation is 2. The molecule has 1 aliphatic rings. The first-order valence-electron chi connectivity index (χ1n) is 9.17. The standard InChI is InChI=1S/C20H27N3O3/c1-16-11-18(22-15-21-16)5-6-20-14-23(7-9-25-20)13-17-3-2-4-19(12-17)26-10-8-24/h2-4,11-12,15,20,24H,5-10,13-14H2,1H3. The molecule has 6 nitrogen and oxygen atoms in total. The monoisotopic (exact) mass is 357 g/mol. The van der Waals surface area contributed by atoms with Crippen molar-refractivity contribution in [3.63, 3.8) is 0 Å². The number of aromatic nitrogens is 2. The number of hydrogen-bond donors (Lipinski definition) is 1. The van der Waals surface area contributed by atoms with Crippen molar-refractivity contribution in [3.8, 4) is 5.75 Å². The third kappa shape index (κ3) is 5.76. The van der Waals surface area contributed by atoms with Crippen molar-refractivity contribution in [1.82, 2.24) is 14.9 Å². The zero-order valence-electron chi connectivity index (χ0n) is 15.3. The van der Waals surface area contributed by atoms with E-state index in [1.54, 1.807) is 6.33 Å². The highest BCUT2D eigenvalue weighted by Gasteiger charge is 2.20. The molecule has 1 aromatic heterocycles. The molecule has 0 bridgehead atoms. The number of ether oxygens (including phenoxy) is 2. The lowest BCUT2D eigenvalue weighted by Crippen LogP contribution is -2.42. The molecule has 1 aromatic carbocycles. The molecule has 0 aliphatic carbocycles. The van der Waals surface area contributed by atoms with Gasteiger partial charge < -0.3 is 14.6 Å². The van der Waals surface area contributed by atoms with Crippen LogP contribution in [-0.4, -0.2) is 59.0 Å². The van der Waals surface area contributed by atoms with E-state index in [0.29, 0.717) is 6.61 Å². The van der Waals surface area contributed by atoms with E-state index in [1.807, 2.05) is 31.2 Å². The molecule has 2 aromatic rings. The van der Waals surface area contributed by atoms with Crippen molar-refractivity contribution in [2.75, 3.05) is 32.9 Å². The fourth-order valence-electron chi connectivity index (χ4n) is 3.21. The minimum Gasteiger partial charge on any atom is -0.491 e. The van der Waals surface area contributed by atoms with E-state index in [1.165, 1.54) is 5.56 Å². The number of morpholine rings is 1. The van der Waals surface area contributed by atoms with Gasteiger partial charge in [0.05, 0.1) is 19.3 Å². The topological polar surface area (TPSA) is 67.7 Å². The Bertz CT molecular complexity index is 696. The highest BCUT2D eigenvalue weighted by molar-refractivity contribution is 5.28. The van der Waals surface area contributed by atoms with Crippen molar-refractivity contribution in [1.29, 1.82) is 0 Å². The van der Waals surface area contributed by atoms with Gasteiger partial charge in [-0.2, -0.15) is 0 Å². The molecule has 2 heterocycles. The summed E-state index contributed by atoms with van der Waals surface area (Å²) in [5, 5.41) is 8.88. The van der Waals surface area contributed by atoms with Gasteiger partial charge >= 0.3 is 0 Å². The molecule has 1 N–H and O–H groups in total. The molecule has 0 amide bonds. The fourth-order valence-corrected chi connectivity index (χ4v) is 3.21. The van der Waals surface area contributed by atoms with Crippen LogP contribution in [0.25, 0.3) is 0 Å². The van der Waals surface area contributed by atoms with E-state index in [-0.39, 0.29) is 12.7 Å². The highest BCUT2D eigenvalue weighted by atomic mass is 16.5. The maximum atomic E-state index is 8.88. The van der Waals surface area contributed by atoms with Gasteiger partial charge in [0.25, 0.3) is 0 Å². The second-order valence-corrected chi connectivity index (χ2v) is 6.64. The van der Waals surface area contributed by atoms with Crippen molar-refractivity contribution in [3.05, 3.63) is 53.6 Å². The fraction of sp³-hybridized carbons (Fsp3) is 0.500. The molecular formula is C20H27N3O3. The van der Waals surface area contributed by atoms with Crippen molar-refractivity contribution < 1.29 is 14.6 Å². The summed E-state index contributed by atoms with van der Waals surface area (Å²) in [5.41, 5.74) is 3.30. The highest BCUT2D eigenvalue weighted by Crippen LogP contribution is 2.18. The molecule has 1 unspecified atom stereocenters. The number of hydrogen-bond acceptors (Lipinski definition) is 6. The van der Waals surface area contributed by atoms with Gasteiger partial charge in [-0.25, -0.2) is 9.97 Å². The lowest BCUT2D eigenvalue weighted by molar-refractivity contribution is -0.0346. The lowest BCUT2D eigenvalue weighted by atomic mass is 10.1. The third-order valence-electron chi connectivity index (χ3n) is 4.47.